The number of aryl methyl sites for hydroxylation is 2. The van der Waals surface area contributed by atoms with Crippen molar-refractivity contribution >= 4 is 11.7 Å². The summed E-state index contributed by atoms with van der Waals surface area (Å²) in [6.07, 6.45) is 0. The lowest BCUT2D eigenvalue weighted by molar-refractivity contribution is -0.132. The highest BCUT2D eigenvalue weighted by Gasteiger charge is 2.20. The minimum atomic E-state index is -0.581. The normalized spacial score (nSPS) is 11.3. The maximum Gasteiger partial charge on any atom is 0.360 e. The molecular weight excluding hydrogens is 382 g/mol. The van der Waals surface area contributed by atoms with Gasteiger partial charge >= 0.3 is 5.97 Å². The molecule has 7 heteroatoms. The van der Waals surface area contributed by atoms with E-state index in [0.717, 1.165) is 22.4 Å². The minimum absolute atomic E-state index is 0.0845. The number of aromatic nitrogens is 2. The first-order chi connectivity index (χ1) is 14.5. The van der Waals surface area contributed by atoms with E-state index < -0.39 is 5.97 Å². The third-order valence-corrected chi connectivity index (χ3v) is 4.74. The molecule has 0 fully saturated rings. The smallest absolute Gasteiger partial charge is 0.360 e. The van der Waals surface area contributed by atoms with Gasteiger partial charge in [0, 0.05) is 23.7 Å². The van der Waals surface area contributed by atoms with Crippen molar-refractivity contribution in [2.45, 2.75) is 20.5 Å². The SMILES string of the molecule is CO/N=C(/C(=O)OC)c1ccccc1COc1c(C)c(-c2ccc(C)cc2)nn1C. The second kappa shape index (κ2) is 9.26. The summed E-state index contributed by atoms with van der Waals surface area (Å²) in [5.74, 6) is 0.0753. The summed E-state index contributed by atoms with van der Waals surface area (Å²) in [7, 11) is 4.53. The van der Waals surface area contributed by atoms with Gasteiger partial charge in [-0.05, 0) is 19.4 Å². The van der Waals surface area contributed by atoms with Crippen LogP contribution in [0.3, 0.4) is 0 Å². The van der Waals surface area contributed by atoms with Crippen molar-refractivity contribution in [2.24, 2.45) is 12.2 Å². The van der Waals surface area contributed by atoms with E-state index in [4.69, 9.17) is 14.3 Å². The second-order valence-electron chi connectivity index (χ2n) is 6.83. The molecule has 0 aliphatic rings. The molecule has 0 bridgehead atoms. The molecule has 0 atom stereocenters. The van der Waals surface area contributed by atoms with E-state index in [9.17, 15) is 4.79 Å². The van der Waals surface area contributed by atoms with Crippen LogP contribution in [0.5, 0.6) is 5.88 Å². The molecular formula is C23H25N3O4. The Balaban J connectivity index is 1.89. The molecule has 2 aromatic carbocycles. The zero-order valence-corrected chi connectivity index (χ0v) is 17.8. The van der Waals surface area contributed by atoms with Crippen LogP contribution in [-0.4, -0.2) is 35.7 Å². The maximum absolute atomic E-state index is 12.1. The van der Waals surface area contributed by atoms with Crippen LogP contribution in [0.15, 0.2) is 53.7 Å². The molecule has 0 aliphatic heterocycles. The van der Waals surface area contributed by atoms with Crippen LogP contribution in [0.4, 0.5) is 0 Å². The lowest BCUT2D eigenvalue weighted by Gasteiger charge is -2.12. The lowest BCUT2D eigenvalue weighted by Crippen LogP contribution is -2.20. The standard InChI is InChI=1S/C23H25N3O4/c1-15-10-12-17(13-11-15)20-16(2)22(26(3)24-20)30-14-18-8-6-7-9-19(18)21(25-29-5)23(27)28-4/h6-13H,14H2,1-5H3/b25-21+. The summed E-state index contributed by atoms with van der Waals surface area (Å²) < 4.78 is 12.7. The lowest BCUT2D eigenvalue weighted by atomic mass is 10.0. The fourth-order valence-corrected chi connectivity index (χ4v) is 3.21. The predicted molar refractivity (Wildman–Crippen MR) is 114 cm³/mol. The van der Waals surface area contributed by atoms with Crippen LogP contribution in [0.25, 0.3) is 11.3 Å². The highest BCUT2D eigenvalue weighted by molar-refractivity contribution is 6.43. The number of oxime groups is 1. The summed E-state index contributed by atoms with van der Waals surface area (Å²) in [5, 5.41) is 8.46. The second-order valence-corrected chi connectivity index (χ2v) is 6.83. The van der Waals surface area contributed by atoms with Crippen LogP contribution in [-0.2, 0) is 28.0 Å². The number of carbonyl (C=O) groups is 1. The molecule has 3 rings (SSSR count). The molecule has 0 N–H and O–H groups in total. The van der Waals surface area contributed by atoms with Gasteiger partial charge in [-0.15, -0.1) is 0 Å². The van der Waals surface area contributed by atoms with E-state index >= 15 is 0 Å². The van der Waals surface area contributed by atoms with E-state index in [0.29, 0.717) is 11.4 Å². The quantitative estimate of drug-likeness (QED) is 0.338. The van der Waals surface area contributed by atoms with Gasteiger partial charge in [-0.3, -0.25) is 0 Å². The highest BCUT2D eigenvalue weighted by Crippen LogP contribution is 2.30. The Bertz CT molecular complexity index is 1070. The van der Waals surface area contributed by atoms with Gasteiger partial charge in [0.25, 0.3) is 0 Å². The number of nitrogens with zero attached hydrogens (tertiary/aromatic N) is 3. The van der Waals surface area contributed by atoms with Crippen molar-refractivity contribution in [1.82, 2.24) is 9.78 Å². The Morgan fingerprint density at radius 1 is 1.07 bits per heavy atom. The van der Waals surface area contributed by atoms with E-state index in [1.165, 1.54) is 19.8 Å². The van der Waals surface area contributed by atoms with Gasteiger partial charge in [-0.25, -0.2) is 9.48 Å². The Morgan fingerprint density at radius 3 is 2.43 bits per heavy atom. The molecule has 1 aromatic heterocycles. The predicted octanol–water partition coefficient (Wildman–Crippen LogP) is 3.81. The molecule has 0 spiro atoms. The molecule has 1 heterocycles. The molecule has 3 aromatic rings. The van der Waals surface area contributed by atoms with Gasteiger partial charge in [0.15, 0.2) is 5.71 Å². The molecule has 30 heavy (non-hydrogen) atoms. The first-order valence-electron chi connectivity index (χ1n) is 9.47. The van der Waals surface area contributed by atoms with Gasteiger partial charge in [-0.1, -0.05) is 59.3 Å². The zero-order valence-electron chi connectivity index (χ0n) is 17.8. The highest BCUT2D eigenvalue weighted by atomic mass is 16.6. The van der Waals surface area contributed by atoms with Crippen molar-refractivity contribution in [1.29, 1.82) is 0 Å². The molecule has 0 aliphatic carbocycles. The number of hydrogen-bond acceptors (Lipinski definition) is 6. The summed E-state index contributed by atoms with van der Waals surface area (Å²) in [5.41, 5.74) is 5.49. The number of benzene rings is 2. The Kier molecular flexibility index (Phi) is 6.51. The number of esters is 1. The number of carbonyl (C=O) groups excluding carboxylic acids is 1. The van der Waals surface area contributed by atoms with Crippen molar-refractivity contribution in [2.75, 3.05) is 14.2 Å². The van der Waals surface area contributed by atoms with E-state index in [1.807, 2.05) is 44.3 Å². The summed E-state index contributed by atoms with van der Waals surface area (Å²) >= 11 is 0. The first kappa shape index (κ1) is 21.1. The van der Waals surface area contributed by atoms with Gasteiger partial charge < -0.3 is 14.3 Å². The fraction of sp³-hybridized carbons (Fsp3) is 0.261. The third kappa shape index (κ3) is 4.35. The molecule has 0 unspecified atom stereocenters. The third-order valence-electron chi connectivity index (χ3n) is 4.74. The molecule has 7 nitrogen and oxygen atoms in total. The van der Waals surface area contributed by atoms with Crippen LogP contribution in [0, 0.1) is 13.8 Å². The van der Waals surface area contributed by atoms with E-state index in [-0.39, 0.29) is 12.3 Å². The number of ether oxygens (including phenoxy) is 2. The molecule has 0 saturated carbocycles. The van der Waals surface area contributed by atoms with Crippen LogP contribution < -0.4 is 4.74 Å². The largest absolute Gasteiger partial charge is 0.473 e. The molecule has 0 amide bonds. The average molecular weight is 407 g/mol. The summed E-state index contributed by atoms with van der Waals surface area (Å²) in [6.45, 7) is 4.26. The van der Waals surface area contributed by atoms with Crippen molar-refractivity contribution in [3.63, 3.8) is 0 Å². The van der Waals surface area contributed by atoms with Gasteiger partial charge in [0.1, 0.15) is 13.7 Å². The minimum Gasteiger partial charge on any atom is -0.473 e. The number of hydrogen-bond donors (Lipinski definition) is 0. The molecule has 0 radical (unpaired) electrons. The van der Waals surface area contributed by atoms with Crippen LogP contribution in [0.1, 0.15) is 22.3 Å². The zero-order chi connectivity index (χ0) is 21.7. The van der Waals surface area contributed by atoms with Gasteiger partial charge in [0.2, 0.25) is 5.88 Å². The van der Waals surface area contributed by atoms with Crippen molar-refractivity contribution in [3.8, 4) is 17.1 Å². The first-order valence-corrected chi connectivity index (χ1v) is 9.47. The number of rotatable bonds is 7. The molecule has 156 valence electrons. The van der Waals surface area contributed by atoms with Crippen molar-refractivity contribution in [3.05, 3.63) is 70.8 Å². The Labute approximate surface area is 175 Å². The van der Waals surface area contributed by atoms with E-state index in [2.05, 4.69) is 29.3 Å². The number of methoxy groups -OCH3 is 1. The maximum atomic E-state index is 12.1. The monoisotopic (exact) mass is 407 g/mol. The molecule has 0 saturated heterocycles. The van der Waals surface area contributed by atoms with Crippen molar-refractivity contribution < 1.29 is 19.1 Å². The van der Waals surface area contributed by atoms with E-state index in [1.54, 1.807) is 10.7 Å². The van der Waals surface area contributed by atoms with Crippen LogP contribution >= 0.6 is 0 Å². The fourth-order valence-electron chi connectivity index (χ4n) is 3.21. The Morgan fingerprint density at radius 2 is 1.77 bits per heavy atom. The summed E-state index contributed by atoms with van der Waals surface area (Å²) in [6, 6.07) is 15.6. The summed E-state index contributed by atoms with van der Waals surface area (Å²) in [4.78, 5) is 17.0. The van der Waals surface area contributed by atoms with Crippen LogP contribution in [0.2, 0.25) is 0 Å². The van der Waals surface area contributed by atoms with Gasteiger partial charge in [-0.2, -0.15) is 5.10 Å². The average Bonchev–Trinajstić information content (AvgIpc) is 3.04. The topological polar surface area (TPSA) is 74.9 Å². The van der Waals surface area contributed by atoms with Gasteiger partial charge in [0.05, 0.1) is 12.8 Å². The Hall–Kier alpha value is -3.61.